The number of benzene rings is 1. The fourth-order valence-electron chi connectivity index (χ4n) is 5.28. The van der Waals surface area contributed by atoms with E-state index in [1.165, 1.54) is 12.8 Å². The molecule has 2 aliphatic rings. The minimum absolute atomic E-state index is 0.0402. The van der Waals surface area contributed by atoms with Crippen LogP contribution in [0.3, 0.4) is 0 Å². The van der Waals surface area contributed by atoms with Gasteiger partial charge in [-0.05, 0) is 61.4 Å². The zero-order valence-corrected chi connectivity index (χ0v) is 20.6. The van der Waals surface area contributed by atoms with Crippen molar-refractivity contribution < 1.29 is 9.59 Å². The van der Waals surface area contributed by atoms with Crippen LogP contribution in [0.5, 0.6) is 0 Å². The van der Waals surface area contributed by atoms with Crippen LogP contribution < -0.4 is 5.32 Å². The van der Waals surface area contributed by atoms with Gasteiger partial charge < -0.3 is 14.8 Å². The molecule has 0 radical (unpaired) electrons. The summed E-state index contributed by atoms with van der Waals surface area (Å²) in [6.45, 7) is 2.88. The highest BCUT2D eigenvalue weighted by Gasteiger charge is 2.48. The second-order valence-corrected chi connectivity index (χ2v) is 10.9. The van der Waals surface area contributed by atoms with Crippen molar-refractivity contribution in [2.75, 3.05) is 6.54 Å². The summed E-state index contributed by atoms with van der Waals surface area (Å²) in [5.41, 5.74) is 1.86. The van der Waals surface area contributed by atoms with E-state index in [1.54, 1.807) is 16.2 Å². The maximum Gasteiger partial charge on any atom is 0.271 e. The molecule has 5 nitrogen and oxygen atoms in total. The van der Waals surface area contributed by atoms with Crippen molar-refractivity contribution in [1.82, 2.24) is 14.8 Å². The lowest BCUT2D eigenvalue weighted by Gasteiger charge is -2.44. The Kier molecular flexibility index (Phi) is 6.23. The Bertz CT molecular complexity index is 1160. The molecule has 33 heavy (non-hydrogen) atoms. The number of hydrogen-bond acceptors (Lipinski definition) is 3. The van der Waals surface area contributed by atoms with Crippen LogP contribution in [-0.4, -0.2) is 39.4 Å². The number of fused-ring (bicyclic) bond motifs is 3. The molecule has 1 aromatic carbocycles. The molecule has 0 bridgehead atoms. The van der Waals surface area contributed by atoms with Gasteiger partial charge in [0, 0.05) is 17.6 Å². The smallest absolute Gasteiger partial charge is 0.271 e. The van der Waals surface area contributed by atoms with Crippen molar-refractivity contribution in [2.24, 2.45) is 0 Å². The number of carbonyl (C=O) groups excluding carboxylic acids is 2. The third-order valence-corrected chi connectivity index (χ3v) is 8.37. The summed E-state index contributed by atoms with van der Waals surface area (Å²) in [7, 11) is 0. The van der Waals surface area contributed by atoms with Crippen LogP contribution >= 0.6 is 22.9 Å². The highest BCUT2D eigenvalue weighted by molar-refractivity contribution is 7.17. The monoisotopic (exact) mass is 483 g/mol. The molecule has 1 aliphatic heterocycles. The average molecular weight is 484 g/mol. The van der Waals surface area contributed by atoms with Crippen molar-refractivity contribution in [2.45, 2.75) is 70.0 Å². The van der Waals surface area contributed by atoms with Gasteiger partial charge in [-0.1, -0.05) is 49.4 Å². The third-order valence-electron chi connectivity index (χ3n) is 7.27. The van der Waals surface area contributed by atoms with Crippen LogP contribution in [-0.2, 0) is 17.8 Å². The Morgan fingerprint density at radius 1 is 1.15 bits per heavy atom. The minimum atomic E-state index is -0.948. The van der Waals surface area contributed by atoms with Gasteiger partial charge in [0.2, 0.25) is 5.91 Å². The van der Waals surface area contributed by atoms with E-state index < -0.39 is 5.54 Å². The molecule has 5 rings (SSSR count). The SMILES string of the molecule is CC1(C(=O)NC2CCCCCC2)Cn2c(cc3sccc32)C(=O)N1CCc1ccc(Cl)cc1. The van der Waals surface area contributed by atoms with Crippen LogP contribution in [0.15, 0.2) is 41.8 Å². The molecule has 1 unspecified atom stereocenters. The molecule has 0 saturated heterocycles. The quantitative estimate of drug-likeness (QED) is 0.476. The molecule has 1 saturated carbocycles. The van der Waals surface area contributed by atoms with Gasteiger partial charge in [-0.3, -0.25) is 9.59 Å². The summed E-state index contributed by atoms with van der Waals surface area (Å²) in [5.74, 6) is -0.112. The number of nitrogens with zero attached hydrogens (tertiary/aromatic N) is 2. The normalized spacial score (nSPS) is 21.8. The molecule has 2 amide bonds. The zero-order chi connectivity index (χ0) is 23.0. The summed E-state index contributed by atoms with van der Waals surface area (Å²) < 4.78 is 3.13. The van der Waals surface area contributed by atoms with Crippen molar-refractivity contribution in [3.8, 4) is 0 Å². The molecule has 7 heteroatoms. The summed E-state index contributed by atoms with van der Waals surface area (Å²) >= 11 is 7.67. The Labute approximate surface area is 203 Å². The van der Waals surface area contributed by atoms with Crippen molar-refractivity contribution in [1.29, 1.82) is 0 Å². The molecular weight excluding hydrogens is 454 g/mol. The van der Waals surface area contributed by atoms with Crippen LogP contribution in [0.4, 0.5) is 0 Å². The summed E-state index contributed by atoms with van der Waals surface area (Å²) in [6, 6.07) is 11.9. The van der Waals surface area contributed by atoms with E-state index >= 15 is 0 Å². The molecular formula is C26H30ClN3O2S. The van der Waals surface area contributed by atoms with Crippen molar-refractivity contribution >= 4 is 45.0 Å². The molecule has 1 atom stereocenters. The van der Waals surface area contributed by atoms with Gasteiger partial charge in [0.25, 0.3) is 5.91 Å². The maximum absolute atomic E-state index is 13.8. The number of nitrogens with one attached hydrogen (secondary N) is 1. The number of carbonyl (C=O) groups is 2. The number of halogens is 1. The van der Waals surface area contributed by atoms with Crippen LogP contribution in [0.25, 0.3) is 10.2 Å². The first-order valence-corrected chi connectivity index (χ1v) is 13.2. The van der Waals surface area contributed by atoms with Crippen LogP contribution in [0.1, 0.15) is 61.5 Å². The topological polar surface area (TPSA) is 54.3 Å². The summed E-state index contributed by atoms with van der Waals surface area (Å²) in [6.07, 6.45) is 7.48. The third kappa shape index (κ3) is 4.31. The minimum Gasteiger partial charge on any atom is -0.351 e. The number of rotatable bonds is 5. The average Bonchev–Trinajstić information content (AvgIpc) is 3.29. The Balaban J connectivity index is 1.45. The lowest BCUT2D eigenvalue weighted by molar-refractivity contribution is -0.133. The van der Waals surface area contributed by atoms with Gasteiger partial charge in [-0.15, -0.1) is 11.3 Å². The van der Waals surface area contributed by atoms with E-state index in [1.807, 2.05) is 53.3 Å². The first-order chi connectivity index (χ1) is 16.0. The predicted octanol–water partition coefficient (Wildman–Crippen LogP) is 5.65. The Morgan fingerprint density at radius 3 is 2.61 bits per heavy atom. The second-order valence-electron chi connectivity index (χ2n) is 9.55. The van der Waals surface area contributed by atoms with Crippen molar-refractivity contribution in [3.63, 3.8) is 0 Å². The van der Waals surface area contributed by atoms with E-state index in [-0.39, 0.29) is 17.9 Å². The molecule has 3 aromatic rings. The van der Waals surface area contributed by atoms with Crippen LogP contribution in [0, 0.1) is 0 Å². The van der Waals surface area contributed by atoms with E-state index in [0.29, 0.717) is 30.2 Å². The number of amides is 2. The number of hydrogen-bond donors (Lipinski definition) is 1. The fraction of sp³-hybridized carbons (Fsp3) is 0.462. The van der Waals surface area contributed by atoms with Gasteiger partial charge in [0.1, 0.15) is 11.2 Å². The molecule has 1 aliphatic carbocycles. The molecule has 2 aromatic heterocycles. The standard InChI is InChI=1S/C26H30ClN3O2S/c1-26(25(32)28-20-6-4-2-3-5-7-20)17-29-21-13-15-33-23(21)16-22(29)24(31)30(26)14-12-18-8-10-19(27)11-9-18/h8-11,13,15-16,20H,2-7,12,14,17H2,1H3,(H,28,32). The molecule has 0 spiro atoms. The van der Waals surface area contributed by atoms with E-state index in [2.05, 4.69) is 5.32 Å². The van der Waals surface area contributed by atoms with Gasteiger partial charge in [0.05, 0.1) is 16.8 Å². The molecule has 1 fully saturated rings. The highest BCUT2D eigenvalue weighted by Crippen LogP contribution is 2.35. The predicted molar refractivity (Wildman–Crippen MR) is 134 cm³/mol. The summed E-state index contributed by atoms with van der Waals surface area (Å²) in [4.78, 5) is 29.3. The maximum atomic E-state index is 13.8. The van der Waals surface area contributed by atoms with E-state index in [4.69, 9.17) is 11.6 Å². The fourth-order valence-corrected chi connectivity index (χ4v) is 6.23. The highest BCUT2D eigenvalue weighted by atomic mass is 35.5. The van der Waals surface area contributed by atoms with Crippen LogP contribution in [0.2, 0.25) is 5.02 Å². The lowest BCUT2D eigenvalue weighted by atomic mass is 9.93. The number of aromatic nitrogens is 1. The largest absolute Gasteiger partial charge is 0.351 e. The summed E-state index contributed by atoms with van der Waals surface area (Å²) in [5, 5.41) is 6.06. The lowest BCUT2D eigenvalue weighted by Crippen LogP contribution is -2.65. The van der Waals surface area contributed by atoms with Crippen molar-refractivity contribution in [3.05, 3.63) is 58.1 Å². The number of thiophene rings is 1. The first kappa shape index (κ1) is 22.5. The molecule has 3 heterocycles. The van der Waals surface area contributed by atoms with Gasteiger partial charge in [-0.25, -0.2) is 0 Å². The van der Waals surface area contributed by atoms with Gasteiger partial charge in [0.15, 0.2) is 0 Å². The second kappa shape index (κ2) is 9.15. The molecule has 1 N–H and O–H groups in total. The van der Waals surface area contributed by atoms with E-state index in [0.717, 1.165) is 41.5 Å². The van der Waals surface area contributed by atoms with Gasteiger partial charge >= 0.3 is 0 Å². The Hall–Kier alpha value is -2.31. The molecule has 174 valence electrons. The Morgan fingerprint density at radius 2 is 1.88 bits per heavy atom. The first-order valence-electron chi connectivity index (χ1n) is 11.9. The zero-order valence-electron chi connectivity index (χ0n) is 19.0. The van der Waals surface area contributed by atoms with E-state index in [9.17, 15) is 9.59 Å². The van der Waals surface area contributed by atoms with Gasteiger partial charge in [-0.2, -0.15) is 0 Å².